The van der Waals surface area contributed by atoms with Gasteiger partial charge in [0.1, 0.15) is 0 Å². The van der Waals surface area contributed by atoms with Crippen molar-refractivity contribution in [3.8, 4) is 0 Å². The number of rotatable bonds is 5. The van der Waals surface area contributed by atoms with Crippen LogP contribution >= 0.6 is 0 Å². The predicted molar refractivity (Wildman–Crippen MR) is 75.1 cm³/mol. The number of anilines is 1. The largest absolute Gasteiger partial charge is 0.398 e. The van der Waals surface area contributed by atoms with Crippen LogP contribution in [-0.2, 0) is 15.6 Å². The van der Waals surface area contributed by atoms with Gasteiger partial charge >= 0.3 is 0 Å². The molecule has 2 N–H and O–H groups in total. The Labute approximate surface area is 110 Å². The van der Waals surface area contributed by atoms with E-state index in [-0.39, 0.29) is 11.5 Å². The molecule has 0 spiro atoms. The summed E-state index contributed by atoms with van der Waals surface area (Å²) < 4.78 is 23.9. The summed E-state index contributed by atoms with van der Waals surface area (Å²) in [4.78, 5) is 4.19. The lowest BCUT2D eigenvalue weighted by molar-refractivity contribution is 0.572. The molecule has 0 aliphatic rings. The number of nitrogens with two attached hydrogens (primary N) is 1. The van der Waals surface area contributed by atoms with Gasteiger partial charge in [-0.25, -0.2) is 8.42 Å². The highest BCUT2D eigenvalue weighted by Gasteiger charge is 2.16. The summed E-state index contributed by atoms with van der Waals surface area (Å²) >= 11 is 0. The van der Waals surface area contributed by atoms with Crippen LogP contribution < -0.4 is 5.73 Å². The van der Waals surface area contributed by atoms with Crippen molar-refractivity contribution in [3.63, 3.8) is 0 Å². The van der Waals surface area contributed by atoms with E-state index in [1.807, 2.05) is 27.7 Å². The Hall–Kier alpha value is -1.10. The fraction of sp³-hybridized carbons (Fsp3) is 0.615. The van der Waals surface area contributed by atoms with Gasteiger partial charge in [-0.15, -0.1) is 0 Å². The van der Waals surface area contributed by atoms with Gasteiger partial charge in [-0.2, -0.15) is 0 Å². The molecule has 0 bridgehead atoms. The predicted octanol–water partition coefficient (Wildman–Crippen LogP) is 2.24. The highest BCUT2D eigenvalue weighted by Crippen LogP contribution is 2.20. The molecule has 0 saturated carbocycles. The van der Waals surface area contributed by atoms with E-state index >= 15 is 0 Å². The van der Waals surface area contributed by atoms with Gasteiger partial charge in [0.2, 0.25) is 0 Å². The van der Waals surface area contributed by atoms with Crippen molar-refractivity contribution >= 4 is 15.5 Å². The molecule has 1 rings (SSSR count). The molecule has 0 amide bonds. The average molecular weight is 270 g/mol. The maximum atomic E-state index is 12.0. The molecular formula is C13H22N2O2S. The first kappa shape index (κ1) is 15.0. The molecular weight excluding hydrogens is 248 g/mol. The number of aromatic nitrogens is 1. The molecule has 0 radical (unpaired) electrons. The molecule has 1 aromatic rings. The Balaban J connectivity index is 2.88. The molecule has 0 saturated heterocycles. The molecule has 0 aliphatic carbocycles. The molecule has 0 aliphatic heterocycles. The van der Waals surface area contributed by atoms with Gasteiger partial charge in [0.15, 0.2) is 9.84 Å². The van der Waals surface area contributed by atoms with E-state index in [0.29, 0.717) is 23.7 Å². The first-order chi connectivity index (χ1) is 8.23. The third-order valence-corrected chi connectivity index (χ3v) is 4.61. The number of aryl methyl sites for hydroxylation is 1. The Kier molecular flexibility index (Phi) is 4.73. The lowest BCUT2D eigenvalue weighted by Crippen LogP contribution is -2.14. The Morgan fingerprint density at radius 2 is 1.94 bits per heavy atom. The summed E-state index contributed by atoms with van der Waals surface area (Å²) in [5, 5.41) is 0. The van der Waals surface area contributed by atoms with Crippen LogP contribution in [0.4, 0.5) is 5.69 Å². The molecule has 0 fully saturated rings. The molecule has 102 valence electrons. The van der Waals surface area contributed by atoms with Crippen molar-refractivity contribution in [2.24, 2.45) is 5.92 Å². The Morgan fingerprint density at radius 1 is 1.33 bits per heavy atom. The fourth-order valence-electron chi connectivity index (χ4n) is 1.63. The van der Waals surface area contributed by atoms with Crippen LogP contribution in [0.15, 0.2) is 6.20 Å². The van der Waals surface area contributed by atoms with Crippen LogP contribution in [0.3, 0.4) is 0 Å². The standard InChI is InChI=1S/C13H22N2O2S/c1-9(2)5-6-18(16,17)8-12-11(4)13(14)10(3)7-15-12/h7,9H,5-6,8H2,1-4H3,(H2,14,15). The minimum absolute atomic E-state index is 0.0178. The van der Waals surface area contributed by atoms with Crippen molar-refractivity contribution in [1.82, 2.24) is 4.98 Å². The van der Waals surface area contributed by atoms with Crippen molar-refractivity contribution in [2.45, 2.75) is 39.9 Å². The first-order valence-corrected chi connectivity index (χ1v) is 7.96. The summed E-state index contributed by atoms with van der Waals surface area (Å²) in [5.74, 6) is 0.576. The van der Waals surface area contributed by atoms with Gasteiger partial charge < -0.3 is 5.73 Å². The van der Waals surface area contributed by atoms with Crippen LogP contribution in [-0.4, -0.2) is 19.2 Å². The summed E-state index contributed by atoms with van der Waals surface area (Å²) in [6, 6.07) is 0. The molecule has 18 heavy (non-hydrogen) atoms. The van der Waals surface area contributed by atoms with Gasteiger partial charge in [-0.05, 0) is 37.3 Å². The van der Waals surface area contributed by atoms with E-state index in [9.17, 15) is 8.42 Å². The quantitative estimate of drug-likeness (QED) is 0.890. The fourth-order valence-corrected chi connectivity index (χ4v) is 3.32. The van der Waals surface area contributed by atoms with Crippen LogP contribution in [0.1, 0.15) is 37.1 Å². The molecule has 4 nitrogen and oxygen atoms in total. The Morgan fingerprint density at radius 3 is 2.50 bits per heavy atom. The number of hydrogen-bond donors (Lipinski definition) is 1. The summed E-state index contributed by atoms with van der Waals surface area (Å²) in [7, 11) is -3.10. The SMILES string of the molecule is Cc1cnc(CS(=O)(=O)CCC(C)C)c(C)c1N. The lowest BCUT2D eigenvalue weighted by atomic mass is 10.1. The number of pyridine rings is 1. The molecule has 0 atom stereocenters. The maximum Gasteiger partial charge on any atom is 0.156 e. The van der Waals surface area contributed by atoms with E-state index in [1.165, 1.54) is 0 Å². The second-order valence-electron chi connectivity index (χ2n) is 5.20. The van der Waals surface area contributed by atoms with Crippen LogP contribution in [0.2, 0.25) is 0 Å². The minimum Gasteiger partial charge on any atom is -0.398 e. The molecule has 5 heteroatoms. The van der Waals surface area contributed by atoms with Gasteiger partial charge in [0.25, 0.3) is 0 Å². The van der Waals surface area contributed by atoms with Crippen molar-refractivity contribution in [1.29, 1.82) is 0 Å². The third-order valence-electron chi connectivity index (χ3n) is 3.04. The van der Waals surface area contributed by atoms with Crippen LogP contribution in [0.5, 0.6) is 0 Å². The molecule has 0 aromatic carbocycles. The summed E-state index contributed by atoms with van der Waals surface area (Å²) in [6.45, 7) is 7.72. The van der Waals surface area contributed by atoms with E-state index in [2.05, 4.69) is 4.98 Å². The molecule has 1 heterocycles. The first-order valence-electron chi connectivity index (χ1n) is 6.14. The van der Waals surface area contributed by atoms with Crippen molar-refractivity contribution in [2.75, 3.05) is 11.5 Å². The van der Waals surface area contributed by atoms with Gasteiger partial charge in [0, 0.05) is 11.9 Å². The average Bonchev–Trinajstić information content (AvgIpc) is 2.28. The van der Waals surface area contributed by atoms with Crippen LogP contribution in [0, 0.1) is 19.8 Å². The molecule has 0 unspecified atom stereocenters. The number of nitrogens with zero attached hydrogens (tertiary/aromatic N) is 1. The smallest absolute Gasteiger partial charge is 0.156 e. The number of nitrogen functional groups attached to an aromatic ring is 1. The lowest BCUT2D eigenvalue weighted by Gasteiger charge is -2.11. The number of sulfone groups is 1. The zero-order chi connectivity index (χ0) is 13.9. The Bertz CT molecular complexity index is 522. The van der Waals surface area contributed by atoms with Gasteiger partial charge in [-0.1, -0.05) is 13.8 Å². The van der Waals surface area contributed by atoms with Gasteiger partial charge in [0.05, 0.1) is 17.2 Å². The zero-order valence-corrected chi connectivity index (χ0v) is 12.3. The number of hydrogen-bond acceptors (Lipinski definition) is 4. The van der Waals surface area contributed by atoms with E-state index in [1.54, 1.807) is 6.20 Å². The summed E-state index contributed by atoms with van der Waals surface area (Å²) in [5.41, 5.74) is 8.76. The van der Waals surface area contributed by atoms with E-state index in [0.717, 1.165) is 11.1 Å². The zero-order valence-electron chi connectivity index (χ0n) is 11.5. The second kappa shape index (κ2) is 5.69. The highest BCUT2D eigenvalue weighted by atomic mass is 32.2. The molecule has 1 aromatic heterocycles. The van der Waals surface area contributed by atoms with Gasteiger partial charge in [-0.3, -0.25) is 4.98 Å². The highest BCUT2D eigenvalue weighted by molar-refractivity contribution is 7.90. The second-order valence-corrected chi connectivity index (χ2v) is 7.39. The van der Waals surface area contributed by atoms with Crippen molar-refractivity contribution < 1.29 is 8.42 Å². The van der Waals surface area contributed by atoms with Crippen LogP contribution in [0.25, 0.3) is 0 Å². The normalized spacial score (nSPS) is 12.1. The van der Waals surface area contributed by atoms with Crippen molar-refractivity contribution in [3.05, 3.63) is 23.0 Å². The summed E-state index contributed by atoms with van der Waals surface area (Å²) in [6.07, 6.45) is 2.32. The monoisotopic (exact) mass is 270 g/mol. The maximum absolute atomic E-state index is 12.0. The minimum atomic E-state index is -3.10. The van der Waals surface area contributed by atoms with E-state index in [4.69, 9.17) is 5.73 Å². The van der Waals surface area contributed by atoms with E-state index < -0.39 is 9.84 Å². The topological polar surface area (TPSA) is 73.0 Å². The third kappa shape index (κ3) is 3.98.